The van der Waals surface area contributed by atoms with Crippen molar-refractivity contribution in [3.63, 3.8) is 0 Å². The summed E-state index contributed by atoms with van der Waals surface area (Å²) in [5, 5.41) is 139. The second kappa shape index (κ2) is 20.7. The predicted octanol–water partition coefficient (Wildman–Crippen LogP) is -2.85. The van der Waals surface area contributed by atoms with Gasteiger partial charge in [-0.2, -0.15) is 0 Å². The maximum absolute atomic E-state index is 12.3. The van der Waals surface area contributed by atoms with E-state index in [0.29, 0.717) is 32.1 Å². The molecule has 6 aliphatic heterocycles. The number of ether oxygens (including phenoxy) is 10. The summed E-state index contributed by atoms with van der Waals surface area (Å²) < 4.78 is 62.0. The SMILES string of the molecule is CC1OC(OC2C(CO)OC(OC3CCC4(C)C(=CC(O)C5C4CCC4(C)C5CC5OC6(CCC(C)(COC7OC(CO)C(O)C(O)C7O)O6)C(C)C54)C3)C(OC3OC(C)C(O)C(O)C3O)C2O)C(O)C(O)C1O. The van der Waals surface area contributed by atoms with Crippen LogP contribution in [-0.2, 0) is 47.4 Å². The molecule has 424 valence electrons. The lowest BCUT2D eigenvalue weighted by Crippen LogP contribution is -2.66. The van der Waals surface area contributed by atoms with Gasteiger partial charge in [0.2, 0.25) is 0 Å². The second-order valence-electron chi connectivity index (χ2n) is 24.3. The van der Waals surface area contributed by atoms with E-state index in [1.54, 1.807) is 0 Å². The van der Waals surface area contributed by atoms with Crippen molar-refractivity contribution >= 4 is 0 Å². The van der Waals surface area contributed by atoms with Crippen LogP contribution in [0.4, 0.5) is 0 Å². The fraction of sp³-hybridized carbons (Fsp3) is 0.961. The van der Waals surface area contributed by atoms with E-state index in [2.05, 4.69) is 20.8 Å². The molecule has 0 aromatic carbocycles. The first kappa shape index (κ1) is 56.1. The van der Waals surface area contributed by atoms with Gasteiger partial charge in [-0.15, -0.1) is 0 Å². The number of hydrogen-bond acceptors (Lipinski definition) is 23. The highest BCUT2D eigenvalue weighted by atomic mass is 16.8. The van der Waals surface area contributed by atoms with Gasteiger partial charge in [-0.3, -0.25) is 0 Å². The molecule has 6 saturated heterocycles. The molecule has 13 N–H and O–H groups in total. The third kappa shape index (κ3) is 9.29. The van der Waals surface area contributed by atoms with Gasteiger partial charge in [-0.05, 0) is 100 Å². The highest BCUT2D eigenvalue weighted by molar-refractivity contribution is 5.29. The van der Waals surface area contributed by atoms with Gasteiger partial charge in [0.1, 0.15) is 85.5 Å². The Kier molecular flexibility index (Phi) is 15.7. The summed E-state index contributed by atoms with van der Waals surface area (Å²) in [5.41, 5.74) is -0.263. The maximum Gasteiger partial charge on any atom is 0.187 e. The van der Waals surface area contributed by atoms with Gasteiger partial charge < -0.3 is 114 Å². The molecule has 4 aliphatic carbocycles. The van der Waals surface area contributed by atoms with Crippen LogP contribution in [0.5, 0.6) is 0 Å². The summed E-state index contributed by atoms with van der Waals surface area (Å²) in [4.78, 5) is 0. The monoisotopic (exact) mass is 1060 g/mol. The van der Waals surface area contributed by atoms with Gasteiger partial charge in [-0.1, -0.05) is 32.4 Å². The van der Waals surface area contributed by atoms with E-state index in [1.807, 2.05) is 13.0 Å². The standard InChI is InChI=1S/C51H82O23/c1-19-31-27(73-51(19)12-11-48(4,74-51)18-65-44-38(61)37(60)34(57)28(16-52)69-44)15-25-30-24(8-10-50(25,31)6)49(5)9-7-23(13-22(49)14-26(30)54)68-47-43(72-46-40(63)36(59)33(56)21(3)67-46)41(64)42(29(17-53)70-47)71-45-39(62)35(58)32(55)20(2)66-45/h14,19-21,23-47,52-64H,7-13,15-18H2,1-6H3. The molecule has 10 rings (SSSR count). The Morgan fingerprint density at radius 1 is 0.581 bits per heavy atom. The van der Waals surface area contributed by atoms with Crippen molar-refractivity contribution in [2.24, 2.45) is 40.4 Å². The zero-order valence-corrected chi connectivity index (χ0v) is 42.9. The Morgan fingerprint density at radius 3 is 1.81 bits per heavy atom. The average Bonchev–Trinajstić information content (AvgIpc) is 3.97. The molecule has 0 aromatic rings. The Bertz CT molecular complexity index is 2000. The minimum Gasteiger partial charge on any atom is -0.394 e. The Balaban J connectivity index is 0.823. The third-order valence-electron chi connectivity index (χ3n) is 19.9. The molecule has 74 heavy (non-hydrogen) atoms. The van der Waals surface area contributed by atoms with Crippen molar-refractivity contribution in [1.82, 2.24) is 0 Å². The molecule has 32 unspecified atom stereocenters. The summed E-state index contributed by atoms with van der Waals surface area (Å²) in [5.74, 6) is -0.505. The first-order valence-corrected chi connectivity index (χ1v) is 26.9. The number of fused-ring (bicyclic) bond motifs is 7. The molecule has 0 aromatic heterocycles. The number of rotatable bonds is 11. The van der Waals surface area contributed by atoms with E-state index in [-0.39, 0.29) is 53.1 Å². The number of aliphatic hydroxyl groups excluding tert-OH is 13. The van der Waals surface area contributed by atoms with E-state index in [1.165, 1.54) is 13.8 Å². The first-order chi connectivity index (χ1) is 34.9. The van der Waals surface area contributed by atoms with Crippen LogP contribution in [0.2, 0.25) is 0 Å². The molecule has 9 fully saturated rings. The van der Waals surface area contributed by atoms with Crippen LogP contribution in [0.1, 0.15) is 92.9 Å². The Labute approximate surface area is 430 Å². The Morgan fingerprint density at radius 2 is 1.18 bits per heavy atom. The molecule has 23 heteroatoms. The fourth-order valence-corrected chi connectivity index (χ4v) is 15.6. The third-order valence-corrected chi connectivity index (χ3v) is 19.9. The molecule has 1 spiro atoms. The van der Waals surface area contributed by atoms with Gasteiger partial charge in [0, 0.05) is 12.3 Å². The normalized spacial score (nSPS) is 58.4. The van der Waals surface area contributed by atoms with E-state index in [0.717, 1.165) is 24.8 Å². The summed E-state index contributed by atoms with van der Waals surface area (Å²) >= 11 is 0. The van der Waals surface area contributed by atoms with Crippen molar-refractivity contribution in [3.8, 4) is 0 Å². The van der Waals surface area contributed by atoms with Crippen LogP contribution in [-0.4, -0.2) is 239 Å². The molecular weight excluding hydrogens is 981 g/mol. The second-order valence-corrected chi connectivity index (χ2v) is 24.3. The van der Waals surface area contributed by atoms with Gasteiger partial charge >= 0.3 is 0 Å². The number of hydrogen-bond donors (Lipinski definition) is 13. The lowest BCUT2D eigenvalue weighted by atomic mass is 9.46. The predicted molar refractivity (Wildman–Crippen MR) is 248 cm³/mol. The zero-order chi connectivity index (χ0) is 53.3. The van der Waals surface area contributed by atoms with Crippen molar-refractivity contribution < 1.29 is 114 Å². The summed E-state index contributed by atoms with van der Waals surface area (Å²) in [6.45, 7) is 10.4. The molecule has 0 radical (unpaired) electrons. The molecular formula is C51H82O23. The van der Waals surface area contributed by atoms with Crippen LogP contribution < -0.4 is 0 Å². The van der Waals surface area contributed by atoms with Gasteiger partial charge in [0.15, 0.2) is 30.9 Å². The van der Waals surface area contributed by atoms with Crippen molar-refractivity contribution in [2.75, 3.05) is 19.8 Å². The van der Waals surface area contributed by atoms with Crippen LogP contribution in [0.15, 0.2) is 11.6 Å². The van der Waals surface area contributed by atoms with E-state index < -0.39 is 160 Å². The van der Waals surface area contributed by atoms with Crippen molar-refractivity contribution in [1.29, 1.82) is 0 Å². The topological polar surface area (TPSA) is 355 Å². The molecule has 0 bridgehead atoms. The average molecular weight is 1060 g/mol. The summed E-state index contributed by atoms with van der Waals surface area (Å²) in [7, 11) is 0. The summed E-state index contributed by atoms with van der Waals surface area (Å²) in [6, 6.07) is 0. The minimum atomic E-state index is -1.78. The molecule has 6 heterocycles. The van der Waals surface area contributed by atoms with Gasteiger partial charge in [-0.25, -0.2) is 0 Å². The number of aliphatic hydroxyl groups is 13. The van der Waals surface area contributed by atoms with Crippen molar-refractivity contribution in [2.45, 2.75) is 245 Å². The minimum absolute atomic E-state index is 0.00504. The smallest absolute Gasteiger partial charge is 0.187 e. The lowest BCUT2D eigenvalue weighted by molar-refractivity contribution is -0.388. The molecule has 32 atom stereocenters. The maximum atomic E-state index is 12.3. The highest BCUT2D eigenvalue weighted by Gasteiger charge is 2.71. The molecule has 0 amide bonds. The summed E-state index contributed by atoms with van der Waals surface area (Å²) in [6.07, 6.45) is -23.6. The molecule has 3 saturated carbocycles. The van der Waals surface area contributed by atoms with Gasteiger partial charge in [0.25, 0.3) is 0 Å². The van der Waals surface area contributed by atoms with Crippen molar-refractivity contribution in [3.05, 3.63) is 11.6 Å². The molecule has 10 aliphatic rings. The van der Waals surface area contributed by atoms with E-state index >= 15 is 0 Å². The van der Waals surface area contributed by atoms with Crippen LogP contribution in [0.25, 0.3) is 0 Å². The van der Waals surface area contributed by atoms with Crippen LogP contribution in [0, 0.1) is 40.4 Å². The largest absolute Gasteiger partial charge is 0.394 e. The van der Waals surface area contributed by atoms with E-state index in [4.69, 9.17) is 47.4 Å². The van der Waals surface area contributed by atoms with Crippen LogP contribution >= 0.6 is 0 Å². The van der Waals surface area contributed by atoms with Crippen LogP contribution in [0.3, 0.4) is 0 Å². The van der Waals surface area contributed by atoms with E-state index in [9.17, 15) is 66.4 Å². The Hall–Kier alpha value is -1.18. The zero-order valence-electron chi connectivity index (χ0n) is 42.9. The molecule has 23 nitrogen and oxygen atoms in total. The van der Waals surface area contributed by atoms with Gasteiger partial charge in [0.05, 0.1) is 55.9 Å². The first-order valence-electron chi connectivity index (χ1n) is 26.9. The highest BCUT2D eigenvalue weighted by Crippen LogP contribution is 2.71. The lowest BCUT2D eigenvalue weighted by Gasteiger charge is -2.59. The quantitative estimate of drug-likeness (QED) is 0.0927. The fourth-order valence-electron chi connectivity index (χ4n) is 15.6.